The molecule has 1 aliphatic rings. The molecule has 0 aromatic carbocycles. The van der Waals surface area contributed by atoms with Gasteiger partial charge in [-0.05, 0) is 45.5 Å². The van der Waals surface area contributed by atoms with Crippen molar-refractivity contribution in [1.82, 2.24) is 10.2 Å². The Morgan fingerprint density at radius 1 is 1.55 bits per heavy atom. The molecule has 1 aromatic rings. The van der Waals surface area contributed by atoms with Gasteiger partial charge >= 0.3 is 0 Å². The summed E-state index contributed by atoms with van der Waals surface area (Å²) in [5, 5.41) is 2.98. The van der Waals surface area contributed by atoms with Crippen LogP contribution in [0.2, 0.25) is 0 Å². The zero-order valence-electron chi connectivity index (χ0n) is 12.5. The molecule has 5 heteroatoms. The van der Waals surface area contributed by atoms with Gasteiger partial charge in [0.1, 0.15) is 11.5 Å². The summed E-state index contributed by atoms with van der Waals surface area (Å²) in [5.74, 6) is 1.74. The average Bonchev–Trinajstić information content (AvgIpc) is 2.84. The smallest absolute Gasteiger partial charge is 0.225 e. The molecule has 1 N–H and O–H groups in total. The maximum atomic E-state index is 12.4. The summed E-state index contributed by atoms with van der Waals surface area (Å²) in [6, 6.07) is 3.96. The summed E-state index contributed by atoms with van der Waals surface area (Å²) in [5.41, 5.74) is 0. The maximum absolute atomic E-state index is 12.4. The van der Waals surface area contributed by atoms with E-state index in [9.17, 15) is 4.79 Å². The Labute approximate surface area is 120 Å². The first-order valence-corrected chi connectivity index (χ1v) is 7.14. The standard InChI is InChI=1S/C15H24N2O3/c1-11-6-7-12(20-11)9-16-15(18)13-5-4-8-17(2)14(13)10-19-3/h6-7,13-14H,4-5,8-10H2,1-3H3,(H,16,18)/t13-,14-/m1/s1. The van der Waals surface area contributed by atoms with Gasteiger partial charge in [0.25, 0.3) is 0 Å². The largest absolute Gasteiger partial charge is 0.465 e. The van der Waals surface area contributed by atoms with Crippen LogP contribution < -0.4 is 5.32 Å². The lowest BCUT2D eigenvalue weighted by molar-refractivity contribution is -0.130. The number of hydrogen-bond acceptors (Lipinski definition) is 4. The Balaban J connectivity index is 1.92. The molecule has 0 saturated carbocycles. The zero-order chi connectivity index (χ0) is 14.5. The number of amides is 1. The molecule has 1 saturated heterocycles. The highest BCUT2D eigenvalue weighted by Gasteiger charge is 2.34. The lowest BCUT2D eigenvalue weighted by Crippen LogP contribution is -2.51. The number of methoxy groups -OCH3 is 1. The molecule has 2 heterocycles. The predicted octanol–water partition coefficient (Wildman–Crippen LogP) is 1.56. The Bertz CT molecular complexity index is 444. The van der Waals surface area contributed by atoms with Crippen LogP contribution in [0.25, 0.3) is 0 Å². The number of furan rings is 1. The maximum Gasteiger partial charge on any atom is 0.225 e. The highest BCUT2D eigenvalue weighted by Crippen LogP contribution is 2.23. The summed E-state index contributed by atoms with van der Waals surface area (Å²) in [6.07, 6.45) is 1.97. The second-order valence-electron chi connectivity index (χ2n) is 5.48. The van der Waals surface area contributed by atoms with Crippen molar-refractivity contribution in [3.05, 3.63) is 23.7 Å². The quantitative estimate of drug-likeness (QED) is 0.889. The van der Waals surface area contributed by atoms with Crippen molar-refractivity contribution >= 4 is 5.91 Å². The van der Waals surface area contributed by atoms with Crippen LogP contribution >= 0.6 is 0 Å². The van der Waals surface area contributed by atoms with E-state index in [-0.39, 0.29) is 17.9 Å². The number of aryl methyl sites for hydroxylation is 1. The summed E-state index contributed by atoms with van der Waals surface area (Å²) in [4.78, 5) is 14.6. The SMILES string of the molecule is COC[C@@H]1[C@H](C(=O)NCc2ccc(C)o2)CCCN1C. The molecule has 20 heavy (non-hydrogen) atoms. The van der Waals surface area contributed by atoms with Crippen molar-refractivity contribution < 1.29 is 13.9 Å². The molecule has 0 unspecified atom stereocenters. The molecule has 0 bridgehead atoms. The van der Waals surface area contributed by atoms with Crippen molar-refractivity contribution in [1.29, 1.82) is 0 Å². The summed E-state index contributed by atoms with van der Waals surface area (Å²) in [7, 11) is 3.74. The summed E-state index contributed by atoms with van der Waals surface area (Å²) in [6.45, 7) is 3.96. The third-order valence-corrected chi connectivity index (χ3v) is 3.96. The van der Waals surface area contributed by atoms with Crippen LogP contribution in [0.5, 0.6) is 0 Å². The number of nitrogens with zero attached hydrogens (tertiary/aromatic N) is 1. The minimum absolute atomic E-state index is 0.00948. The molecule has 112 valence electrons. The number of likely N-dealkylation sites (tertiary alicyclic amines) is 1. The summed E-state index contributed by atoms with van der Waals surface area (Å²) < 4.78 is 10.7. The van der Waals surface area contributed by atoms with Crippen LogP contribution in [0.4, 0.5) is 0 Å². The molecule has 1 amide bonds. The van der Waals surface area contributed by atoms with Crippen molar-refractivity contribution in [2.45, 2.75) is 32.4 Å². The second kappa shape index (κ2) is 6.90. The fourth-order valence-corrected chi connectivity index (χ4v) is 2.83. The number of hydrogen-bond donors (Lipinski definition) is 1. The van der Waals surface area contributed by atoms with E-state index in [0.717, 1.165) is 30.9 Å². The second-order valence-corrected chi connectivity index (χ2v) is 5.48. The number of carbonyl (C=O) groups is 1. The van der Waals surface area contributed by atoms with Gasteiger partial charge in [-0.2, -0.15) is 0 Å². The van der Waals surface area contributed by atoms with Gasteiger partial charge in [-0.15, -0.1) is 0 Å². The van der Waals surface area contributed by atoms with Gasteiger partial charge in [0.05, 0.1) is 19.1 Å². The Kier molecular flexibility index (Phi) is 5.20. The van der Waals surface area contributed by atoms with Gasteiger partial charge in [0, 0.05) is 13.2 Å². The molecule has 0 aliphatic carbocycles. The fourth-order valence-electron chi connectivity index (χ4n) is 2.83. The number of likely N-dealkylation sites (N-methyl/N-ethyl adjacent to an activating group) is 1. The normalized spacial score (nSPS) is 23.8. The molecular formula is C15H24N2O3. The molecule has 1 aliphatic heterocycles. The zero-order valence-corrected chi connectivity index (χ0v) is 12.5. The number of ether oxygens (including phenoxy) is 1. The van der Waals surface area contributed by atoms with Crippen LogP contribution in [0.15, 0.2) is 16.5 Å². The predicted molar refractivity (Wildman–Crippen MR) is 76.3 cm³/mol. The molecule has 1 fully saturated rings. The van der Waals surface area contributed by atoms with Gasteiger partial charge in [0.15, 0.2) is 0 Å². The van der Waals surface area contributed by atoms with Gasteiger partial charge < -0.3 is 19.4 Å². The molecule has 2 atom stereocenters. The van der Waals surface area contributed by atoms with Gasteiger partial charge in [-0.3, -0.25) is 4.79 Å². The molecule has 2 rings (SSSR count). The lowest BCUT2D eigenvalue weighted by Gasteiger charge is -2.37. The number of piperidine rings is 1. The highest BCUT2D eigenvalue weighted by molar-refractivity contribution is 5.79. The van der Waals surface area contributed by atoms with E-state index in [1.807, 2.05) is 19.1 Å². The minimum Gasteiger partial charge on any atom is -0.465 e. The van der Waals surface area contributed by atoms with E-state index in [2.05, 4.69) is 17.3 Å². The first-order chi connectivity index (χ1) is 9.61. The Hall–Kier alpha value is -1.33. The molecule has 1 aromatic heterocycles. The van der Waals surface area contributed by atoms with Gasteiger partial charge in [-0.1, -0.05) is 0 Å². The topological polar surface area (TPSA) is 54.7 Å². The van der Waals surface area contributed by atoms with E-state index >= 15 is 0 Å². The average molecular weight is 280 g/mol. The lowest BCUT2D eigenvalue weighted by atomic mass is 9.89. The van der Waals surface area contributed by atoms with E-state index < -0.39 is 0 Å². The van der Waals surface area contributed by atoms with Crippen LogP contribution in [0.1, 0.15) is 24.4 Å². The van der Waals surface area contributed by atoms with Crippen molar-refractivity contribution in [2.24, 2.45) is 5.92 Å². The van der Waals surface area contributed by atoms with Gasteiger partial charge in [0.2, 0.25) is 5.91 Å². The number of nitrogens with one attached hydrogen (secondary N) is 1. The molecule has 5 nitrogen and oxygen atoms in total. The fraction of sp³-hybridized carbons (Fsp3) is 0.667. The van der Waals surface area contributed by atoms with Crippen LogP contribution in [0.3, 0.4) is 0 Å². The number of rotatable bonds is 5. The number of carbonyl (C=O) groups excluding carboxylic acids is 1. The Morgan fingerprint density at radius 3 is 3.00 bits per heavy atom. The van der Waals surface area contributed by atoms with Crippen molar-refractivity contribution in [2.75, 3.05) is 27.3 Å². The third-order valence-electron chi connectivity index (χ3n) is 3.96. The first-order valence-electron chi connectivity index (χ1n) is 7.14. The van der Waals surface area contributed by atoms with E-state index in [0.29, 0.717) is 13.2 Å². The van der Waals surface area contributed by atoms with Crippen molar-refractivity contribution in [3.8, 4) is 0 Å². The molecule has 0 radical (unpaired) electrons. The summed E-state index contributed by atoms with van der Waals surface area (Å²) >= 11 is 0. The first kappa shape index (κ1) is 15.1. The highest BCUT2D eigenvalue weighted by atomic mass is 16.5. The third kappa shape index (κ3) is 3.61. The van der Waals surface area contributed by atoms with Crippen LogP contribution in [-0.2, 0) is 16.1 Å². The minimum atomic E-state index is -0.00948. The monoisotopic (exact) mass is 280 g/mol. The van der Waals surface area contributed by atoms with E-state index in [1.165, 1.54) is 0 Å². The van der Waals surface area contributed by atoms with Crippen LogP contribution in [-0.4, -0.2) is 44.2 Å². The van der Waals surface area contributed by atoms with E-state index in [4.69, 9.17) is 9.15 Å². The van der Waals surface area contributed by atoms with Crippen molar-refractivity contribution in [3.63, 3.8) is 0 Å². The van der Waals surface area contributed by atoms with Crippen LogP contribution in [0, 0.1) is 12.8 Å². The molecule has 0 spiro atoms. The van der Waals surface area contributed by atoms with E-state index in [1.54, 1.807) is 7.11 Å². The molecular weight excluding hydrogens is 256 g/mol. The van der Waals surface area contributed by atoms with Gasteiger partial charge in [-0.25, -0.2) is 0 Å². The Morgan fingerprint density at radius 2 is 2.35 bits per heavy atom.